The SMILES string of the molecule is CCCN(c1ccc(N)cc1)S(=O)(=O)N1CCCCC1. The molecule has 2 rings (SSSR count). The first kappa shape index (κ1) is 15.1. The molecule has 1 aromatic carbocycles. The van der Waals surface area contributed by atoms with E-state index >= 15 is 0 Å². The minimum atomic E-state index is -3.43. The quantitative estimate of drug-likeness (QED) is 0.847. The van der Waals surface area contributed by atoms with E-state index in [1.165, 1.54) is 4.31 Å². The van der Waals surface area contributed by atoms with Gasteiger partial charge in [0.25, 0.3) is 0 Å². The van der Waals surface area contributed by atoms with Gasteiger partial charge in [-0.05, 0) is 43.5 Å². The van der Waals surface area contributed by atoms with Crippen LogP contribution in [0.4, 0.5) is 11.4 Å². The third kappa shape index (κ3) is 3.24. The molecule has 6 heteroatoms. The summed E-state index contributed by atoms with van der Waals surface area (Å²) in [5, 5.41) is 0. The first-order chi connectivity index (χ1) is 9.55. The second-order valence-electron chi connectivity index (χ2n) is 5.13. The maximum Gasteiger partial charge on any atom is 0.304 e. The normalized spacial score (nSPS) is 17.1. The topological polar surface area (TPSA) is 66.6 Å². The molecule has 1 aliphatic rings. The van der Waals surface area contributed by atoms with Crippen LogP contribution in [0.1, 0.15) is 32.6 Å². The fourth-order valence-electron chi connectivity index (χ4n) is 2.46. The molecule has 1 aliphatic heterocycles. The molecule has 0 aromatic heterocycles. The highest BCUT2D eigenvalue weighted by Crippen LogP contribution is 2.24. The van der Waals surface area contributed by atoms with Crippen LogP contribution in [0.15, 0.2) is 24.3 Å². The standard InChI is InChI=1S/C14H23N3O2S/c1-2-10-17(14-8-6-13(15)7-9-14)20(18,19)16-11-4-3-5-12-16/h6-9H,2-5,10-12,15H2,1H3. The van der Waals surface area contributed by atoms with Gasteiger partial charge in [0.05, 0.1) is 5.69 Å². The lowest BCUT2D eigenvalue weighted by atomic mass is 10.2. The highest BCUT2D eigenvalue weighted by atomic mass is 32.2. The molecule has 0 spiro atoms. The molecule has 0 atom stereocenters. The molecule has 1 aromatic rings. The zero-order chi connectivity index (χ0) is 14.6. The van der Waals surface area contributed by atoms with Crippen LogP contribution in [-0.4, -0.2) is 32.4 Å². The first-order valence-corrected chi connectivity index (χ1v) is 8.58. The Kier molecular flexibility index (Phi) is 4.88. The van der Waals surface area contributed by atoms with Gasteiger partial charge in [0.1, 0.15) is 0 Å². The van der Waals surface area contributed by atoms with E-state index in [1.807, 2.05) is 6.92 Å². The number of piperidine rings is 1. The Labute approximate surface area is 121 Å². The van der Waals surface area contributed by atoms with Gasteiger partial charge in [-0.1, -0.05) is 13.3 Å². The molecule has 1 saturated heterocycles. The van der Waals surface area contributed by atoms with Gasteiger partial charge in [0, 0.05) is 25.3 Å². The monoisotopic (exact) mass is 297 g/mol. The van der Waals surface area contributed by atoms with Gasteiger partial charge in [-0.25, -0.2) is 0 Å². The van der Waals surface area contributed by atoms with E-state index in [0.717, 1.165) is 25.7 Å². The van der Waals surface area contributed by atoms with Crippen molar-refractivity contribution in [3.05, 3.63) is 24.3 Å². The van der Waals surface area contributed by atoms with Gasteiger partial charge in [-0.2, -0.15) is 12.7 Å². The van der Waals surface area contributed by atoms with Gasteiger partial charge in [0.2, 0.25) is 0 Å². The van der Waals surface area contributed by atoms with E-state index in [-0.39, 0.29) is 0 Å². The van der Waals surface area contributed by atoms with Crippen molar-refractivity contribution in [2.75, 3.05) is 29.7 Å². The Balaban J connectivity index is 2.28. The van der Waals surface area contributed by atoms with Crippen molar-refractivity contribution in [1.29, 1.82) is 0 Å². The van der Waals surface area contributed by atoms with Crippen molar-refractivity contribution in [1.82, 2.24) is 4.31 Å². The van der Waals surface area contributed by atoms with Crippen LogP contribution in [0.2, 0.25) is 0 Å². The molecule has 1 fully saturated rings. The molecule has 0 bridgehead atoms. The molecule has 112 valence electrons. The molecule has 0 saturated carbocycles. The Morgan fingerprint density at radius 2 is 1.75 bits per heavy atom. The molecule has 0 radical (unpaired) electrons. The zero-order valence-corrected chi connectivity index (χ0v) is 12.8. The lowest BCUT2D eigenvalue weighted by Crippen LogP contribution is -2.46. The van der Waals surface area contributed by atoms with Gasteiger partial charge >= 0.3 is 10.2 Å². The smallest absolute Gasteiger partial charge is 0.304 e. The predicted octanol–water partition coefficient (Wildman–Crippen LogP) is 2.22. The molecule has 0 amide bonds. The van der Waals surface area contributed by atoms with Crippen molar-refractivity contribution < 1.29 is 8.42 Å². The lowest BCUT2D eigenvalue weighted by Gasteiger charge is -2.33. The van der Waals surface area contributed by atoms with E-state index in [4.69, 9.17) is 5.73 Å². The van der Waals surface area contributed by atoms with Crippen LogP contribution < -0.4 is 10.0 Å². The van der Waals surface area contributed by atoms with Crippen molar-refractivity contribution in [2.24, 2.45) is 0 Å². The zero-order valence-electron chi connectivity index (χ0n) is 12.0. The molecular formula is C14H23N3O2S. The summed E-state index contributed by atoms with van der Waals surface area (Å²) in [6, 6.07) is 7.02. The Bertz CT molecular complexity index is 522. The van der Waals surface area contributed by atoms with Gasteiger partial charge in [0.15, 0.2) is 0 Å². The minimum absolute atomic E-state index is 0.489. The van der Waals surface area contributed by atoms with Gasteiger partial charge < -0.3 is 5.73 Å². The summed E-state index contributed by atoms with van der Waals surface area (Å²) in [4.78, 5) is 0. The minimum Gasteiger partial charge on any atom is -0.399 e. The molecular weight excluding hydrogens is 274 g/mol. The maximum absolute atomic E-state index is 12.8. The van der Waals surface area contributed by atoms with Crippen molar-refractivity contribution in [2.45, 2.75) is 32.6 Å². The molecule has 1 heterocycles. The number of benzene rings is 1. The summed E-state index contributed by atoms with van der Waals surface area (Å²) >= 11 is 0. The summed E-state index contributed by atoms with van der Waals surface area (Å²) in [7, 11) is -3.43. The number of nitrogens with two attached hydrogens (primary N) is 1. The number of anilines is 2. The third-order valence-corrected chi connectivity index (χ3v) is 5.50. The second kappa shape index (κ2) is 6.45. The van der Waals surface area contributed by atoms with E-state index in [2.05, 4.69) is 0 Å². The van der Waals surface area contributed by atoms with Crippen molar-refractivity contribution in [3.63, 3.8) is 0 Å². The van der Waals surface area contributed by atoms with Crippen LogP contribution in [0.3, 0.4) is 0 Å². The fourth-order valence-corrected chi connectivity index (χ4v) is 4.26. The lowest BCUT2D eigenvalue weighted by molar-refractivity contribution is 0.345. The number of nitrogens with zero attached hydrogens (tertiary/aromatic N) is 2. The molecule has 2 N–H and O–H groups in total. The van der Waals surface area contributed by atoms with Crippen LogP contribution in [0.5, 0.6) is 0 Å². The van der Waals surface area contributed by atoms with E-state index < -0.39 is 10.2 Å². The average Bonchev–Trinajstić information content (AvgIpc) is 2.47. The summed E-state index contributed by atoms with van der Waals surface area (Å²) in [5.41, 5.74) is 7.00. The average molecular weight is 297 g/mol. The van der Waals surface area contributed by atoms with E-state index in [9.17, 15) is 8.42 Å². The van der Waals surface area contributed by atoms with Crippen molar-refractivity contribution in [3.8, 4) is 0 Å². The van der Waals surface area contributed by atoms with E-state index in [0.29, 0.717) is 31.0 Å². The number of hydrogen-bond acceptors (Lipinski definition) is 3. The van der Waals surface area contributed by atoms with Gasteiger partial charge in [-0.3, -0.25) is 4.31 Å². The Hall–Kier alpha value is -1.27. The summed E-state index contributed by atoms with van der Waals surface area (Å²) in [6.07, 6.45) is 3.78. The number of rotatable bonds is 5. The third-order valence-electron chi connectivity index (χ3n) is 3.53. The molecule has 5 nitrogen and oxygen atoms in total. The highest BCUT2D eigenvalue weighted by Gasteiger charge is 2.30. The van der Waals surface area contributed by atoms with Crippen LogP contribution in [-0.2, 0) is 10.2 Å². The molecule has 0 aliphatic carbocycles. The first-order valence-electron chi connectivity index (χ1n) is 7.19. The van der Waals surface area contributed by atoms with Crippen LogP contribution in [0.25, 0.3) is 0 Å². The largest absolute Gasteiger partial charge is 0.399 e. The summed E-state index contributed by atoms with van der Waals surface area (Å²) in [5.74, 6) is 0. The summed E-state index contributed by atoms with van der Waals surface area (Å²) < 4.78 is 28.7. The Morgan fingerprint density at radius 3 is 2.30 bits per heavy atom. The second-order valence-corrected chi connectivity index (χ2v) is 6.98. The van der Waals surface area contributed by atoms with Crippen molar-refractivity contribution >= 4 is 21.6 Å². The molecule has 20 heavy (non-hydrogen) atoms. The van der Waals surface area contributed by atoms with E-state index in [1.54, 1.807) is 28.6 Å². The van der Waals surface area contributed by atoms with Gasteiger partial charge in [-0.15, -0.1) is 0 Å². The fraction of sp³-hybridized carbons (Fsp3) is 0.571. The summed E-state index contributed by atoms with van der Waals surface area (Å²) in [6.45, 7) is 3.72. The Morgan fingerprint density at radius 1 is 1.15 bits per heavy atom. The van der Waals surface area contributed by atoms with Crippen LogP contribution >= 0.6 is 0 Å². The number of hydrogen-bond donors (Lipinski definition) is 1. The molecule has 0 unspecified atom stereocenters. The maximum atomic E-state index is 12.8. The van der Waals surface area contributed by atoms with Crippen LogP contribution in [0, 0.1) is 0 Å². The highest BCUT2D eigenvalue weighted by molar-refractivity contribution is 7.90. The predicted molar refractivity (Wildman–Crippen MR) is 82.8 cm³/mol. The number of nitrogen functional groups attached to an aromatic ring is 1.